The second-order valence-electron chi connectivity index (χ2n) is 6.10. The zero-order chi connectivity index (χ0) is 21.5. The van der Waals surface area contributed by atoms with Crippen molar-refractivity contribution in [2.24, 2.45) is 5.10 Å². The van der Waals surface area contributed by atoms with Crippen LogP contribution in [0.1, 0.15) is 27.6 Å². The maximum absolute atomic E-state index is 12.4. The van der Waals surface area contributed by atoms with Crippen LogP contribution in [0, 0.1) is 0 Å². The summed E-state index contributed by atoms with van der Waals surface area (Å²) < 4.78 is 6.16. The molecule has 0 bridgehead atoms. The maximum Gasteiger partial charge on any atom is 0.345 e. The Kier molecular flexibility index (Phi) is 7.35. The van der Waals surface area contributed by atoms with E-state index in [0.717, 1.165) is 4.47 Å². The van der Waals surface area contributed by atoms with E-state index < -0.39 is 18.0 Å². The van der Waals surface area contributed by atoms with Crippen LogP contribution in [0.4, 0.5) is 0 Å². The molecule has 0 unspecified atom stereocenters. The molecule has 152 valence electrons. The molecular formula is C22H16BrClN2O4. The zero-order valence-electron chi connectivity index (χ0n) is 15.5. The van der Waals surface area contributed by atoms with Gasteiger partial charge < -0.3 is 9.84 Å². The zero-order valence-corrected chi connectivity index (χ0v) is 17.8. The van der Waals surface area contributed by atoms with E-state index in [1.165, 1.54) is 6.21 Å². The second-order valence-corrected chi connectivity index (χ2v) is 7.42. The van der Waals surface area contributed by atoms with E-state index in [9.17, 15) is 14.7 Å². The van der Waals surface area contributed by atoms with Crippen molar-refractivity contribution in [2.45, 2.75) is 6.10 Å². The summed E-state index contributed by atoms with van der Waals surface area (Å²) in [5.74, 6) is -1.09. The molecule has 3 rings (SSSR count). The molecule has 0 saturated heterocycles. The van der Waals surface area contributed by atoms with Gasteiger partial charge in [0.2, 0.25) is 0 Å². The lowest BCUT2D eigenvalue weighted by atomic mass is 10.1. The Bertz CT molecular complexity index is 1090. The highest BCUT2D eigenvalue weighted by Gasteiger charge is 2.17. The fraction of sp³-hybridized carbons (Fsp3) is 0.0455. The van der Waals surface area contributed by atoms with Crippen molar-refractivity contribution in [3.05, 3.63) is 99.0 Å². The smallest absolute Gasteiger partial charge is 0.345 e. The van der Waals surface area contributed by atoms with Crippen LogP contribution < -0.4 is 10.2 Å². The lowest BCUT2D eigenvalue weighted by Crippen LogP contribution is -2.25. The molecule has 1 amide bonds. The van der Waals surface area contributed by atoms with Crippen LogP contribution in [0.2, 0.25) is 5.02 Å². The number of amides is 1. The summed E-state index contributed by atoms with van der Waals surface area (Å²) in [7, 11) is 0. The van der Waals surface area contributed by atoms with Crippen molar-refractivity contribution in [3.8, 4) is 5.75 Å². The second kappa shape index (κ2) is 10.2. The van der Waals surface area contributed by atoms with Gasteiger partial charge in [0.25, 0.3) is 5.91 Å². The number of hydrogen-bond donors (Lipinski definition) is 2. The van der Waals surface area contributed by atoms with Gasteiger partial charge in [-0.1, -0.05) is 70.0 Å². The topological polar surface area (TPSA) is 88.0 Å². The summed E-state index contributed by atoms with van der Waals surface area (Å²) in [5.41, 5.74) is 3.38. The molecule has 0 radical (unpaired) electrons. The predicted molar refractivity (Wildman–Crippen MR) is 118 cm³/mol. The van der Waals surface area contributed by atoms with Gasteiger partial charge in [0, 0.05) is 10.0 Å². The van der Waals surface area contributed by atoms with E-state index in [-0.39, 0.29) is 16.3 Å². The number of carbonyl (C=O) groups is 2. The van der Waals surface area contributed by atoms with Gasteiger partial charge in [-0.25, -0.2) is 10.2 Å². The SMILES string of the molecule is O=C(Oc1ccc(Br)cc1/C=N\NC(=O)[C@@H](O)c1ccccc1)c1ccccc1Cl. The normalized spacial score (nSPS) is 11.8. The monoisotopic (exact) mass is 486 g/mol. The maximum atomic E-state index is 12.4. The van der Waals surface area contributed by atoms with Crippen LogP contribution in [0.25, 0.3) is 0 Å². The lowest BCUT2D eigenvalue weighted by Gasteiger charge is -2.10. The van der Waals surface area contributed by atoms with Crippen molar-refractivity contribution in [1.82, 2.24) is 5.43 Å². The molecule has 1 atom stereocenters. The first kappa shape index (κ1) is 21.7. The van der Waals surface area contributed by atoms with E-state index in [0.29, 0.717) is 11.1 Å². The van der Waals surface area contributed by atoms with Gasteiger partial charge in [-0.2, -0.15) is 5.10 Å². The van der Waals surface area contributed by atoms with E-state index >= 15 is 0 Å². The quantitative estimate of drug-likeness (QED) is 0.232. The fourth-order valence-electron chi connectivity index (χ4n) is 2.51. The molecule has 0 saturated carbocycles. The summed E-state index contributed by atoms with van der Waals surface area (Å²) in [6.07, 6.45) is -0.0429. The number of halogens is 2. The van der Waals surface area contributed by atoms with Gasteiger partial charge in [0.05, 0.1) is 16.8 Å². The molecule has 0 aromatic heterocycles. The number of hydrogen-bond acceptors (Lipinski definition) is 5. The van der Waals surface area contributed by atoms with Crippen LogP contribution in [-0.4, -0.2) is 23.2 Å². The molecule has 30 heavy (non-hydrogen) atoms. The number of rotatable bonds is 6. The molecule has 3 aromatic carbocycles. The molecule has 6 nitrogen and oxygen atoms in total. The Balaban J connectivity index is 1.73. The Morgan fingerprint density at radius 2 is 1.77 bits per heavy atom. The average molecular weight is 488 g/mol. The highest BCUT2D eigenvalue weighted by Crippen LogP contribution is 2.24. The lowest BCUT2D eigenvalue weighted by molar-refractivity contribution is -0.129. The minimum absolute atomic E-state index is 0.226. The van der Waals surface area contributed by atoms with Gasteiger partial charge in [-0.05, 0) is 35.9 Å². The molecular weight excluding hydrogens is 472 g/mol. The van der Waals surface area contributed by atoms with Crippen LogP contribution >= 0.6 is 27.5 Å². The Morgan fingerprint density at radius 3 is 2.50 bits per heavy atom. The van der Waals surface area contributed by atoms with Gasteiger partial charge in [-0.3, -0.25) is 4.79 Å². The largest absolute Gasteiger partial charge is 0.422 e. The number of esters is 1. The van der Waals surface area contributed by atoms with Crippen molar-refractivity contribution in [3.63, 3.8) is 0 Å². The van der Waals surface area contributed by atoms with E-state index in [1.807, 2.05) is 0 Å². The minimum Gasteiger partial charge on any atom is -0.422 e. The molecule has 8 heteroatoms. The van der Waals surface area contributed by atoms with E-state index in [1.54, 1.807) is 72.8 Å². The molecule has 0 spiro atoms. The third kappa shape index (κ3) is 5.54. The number of nitrogens with one attached hydrogen (secondary N) is 1. The van der Waals surface area contributed by atoms with Crippen LogP contribution in [0.3, 0.4) is 0 Å². The Hall–Kier alpha value is -3.00. The number of aliphatic hydroxyl groups excluding tert-OH is 1. The Labute approximate surface area is 186 Å². The summed E-state index contributed by atoms with van der Waals surface area (Å²) in [6.45, 7) is 0. The molecule has 3 aromatic rings. The standard InChI is InChI=1S/C22H16BrClN2O4/c23-16-10-11-19(30-22(29)17-8-4-5-9-18(17)24)15(12-16)13-25-26-21(28)20(27)14-6-2-1-3-7-14/h1-13,20,27H,(H,26,28)/b25-13-/t20-/m0/s1. The number of carbonyl (C=O) groups excluding carboxylic acids is 2. The highest BCUT2D eigenvalue weighted by molar-refractivity contribution is 9.10. The third-order valence-corrected chi connectivity index (χ3v) is 4.83. The van der Waals surface area contributed by atoms with Crippen molar-refractivity contribution in [1.29, 1.82) is 0 Å². The van der Waals surface area contributed by atoms with E-state index in [4.69, 9.17) is 16.3 Å². The van der Waals surface area contributed by atoms with Crippen molar-refractivity contribution < 1.29 is 19.4 Å². The number of ether oxygens (including phenoxy) is 1. The van der Waals surface area contributed by atoms with Gasteiger partial charge in [-0.15, -0.1) is 0 Å². The highest BCUT2D eigenvalue weighted by atomic mass is 79.9. The van der Waals surface area contributed by atoms with Crippen LogP contribution in [0.5, 0.6) is 5.75 Å². The minimum atomic E-state index is -1.36. The number of hydrazone groups is 1. The summed E-state index contributed by atoms with van der Waals surface area (Å²) in [5, 5.41) is 14.2. The van der Waals surface area contributed by atoms with Gasteiger partial charge in [0.1, 0.15) is 5.75 Å². The fourth-order valence-corrected chi connectivity index (χ4v) is 3.10. The summed E-state index contributed by atoms with van der Waals surface area (Å²) >= 11 is 9.39. The van der Waals surface area contributed by atoms with Gasteiger partial charge >= 0.3 is 5.97 Å². The first-order valence-electron chi connectivity index (χ1n) is 8.78. The predicted octanol–water partition coefficient (Wildman–Crippen LogP) is 4.51. The number of benzene rings is 3. The number of nitrogens with zero attached hydrogens (tertiary/aromatic N) is 1. The number of aliphatic hydroxyl groups is 1. The van der Waals surface area contributed by atoms with Crippen molar-refractivity contribution >= 4 is 45.6 Å². The average Bonchev–Trinajstić information content (AvgIpc) is 2.75. The van der Waals surface area contributed by atoms with Crippen molar-refractivity contribution in [2.75, 3.05) is 0 Å². The summed E-state index contributed by atoms with van der Waals surface area (Å²) in [4.78, 5) is 24.5. The molecule has 0 heterocycles. The molecule has 0 aliphatic heterocycles. The van der Waals surface area contributed by atoms with Gasteiger partial charge in [0.15, 0.2) is 6.10 Å². The Morgan fingerprint density at radius 1 is 1.07 bits per heavy atom. The first-order chi connectivity index (χ1) is 14.5. The third-order valence-electron chi connectivity index (χ3n) is 4.01. The molecule has 0 fully saturated rings. The summed E-state index contributed by atoms with van der Waals surface area (Å²) in [6, 6.07) is 20.0. The molecule has 0 aliphatic rings. The molecule has 2 N–H and O–H groups in total. The van der Waals surface area contributed by atoms with Crippen LogP contribution in [0.15, 0.2) is 82.4 Å². The van der Waals surface area contributed by atoms with E-state index in [2.05, 4.69) is 26.5 Å². The first-order valence-corrected chi connectivity index (χ1v) is 9.95. The molecule has 0 aliphatic carbocycles. The van der Waals surface area contributed by atoms with Crippen LogP contribution in [-0.2, 0) is 4.79 Å².